The first-order valence-corrected chi connectivity index (χ1v) is 8.70. The van der Waals surface area contributed by atoms with Crippen molar-refractivity contribution in [3.05, 3.63) is 46.2 Å². The number of carbonyl (C=O) groups is 2. The molecule has 1 aliphatic heterocycles. The topological polar surface area (TPSA) is 66.8 Å². The van der Waals surface area contributed by atoms with Gasteiger partial charge in [0.25, 0.3) is 5.91 Å². The third-order valence-corrected chi connectivity index (χ3v) is 4.95. The smallest absolute Gasteiger partial charge is 0.306 e. The van der Waals surface area contributed by atoms with Gasteiger partial charge in [-0.25, -0.2) is 0 Å². The van der Waals surface area contributed by atoms with E-state index in [2.05, 4.69) is 0 Å². The Morgan fingerprint density at radius 2 is 2.04 bits per heavy atom. The molecule has 6 heteroatoms. The molecular formula is C18H19NO4S. The molecule has 0 bridgehead atoms. The second-order valence-electron chi connectivity index (χ2n) is 5.87. The molecule has 0 unspecified atom stereocenters. The van der Waals surface area contributed by atoms with Crippen LogP contribution in [0.2, 0.25) is 0 Å². The SMILES string of the molecule is Cc1ccc(-c2ccsc2C(=O)N2CCO[C@H](CC(=O)O)C2)cc1. The number of thiophene rings is 1. The van der Waals surface area contributed by atoms with E-state index in [0.717, 1.165) is 11.1 Å². The molecule has 0 radical (unpaired) electrons. The number of aryl methyl sites for hydroxylation is 1. The monoisotopic (exact) mass is 345 g/mol. The maximum Gasteiger partial charge on any atom is 0.306 e. The van der Waals surface area contributed by atoms with Crippen molar-refractivity contribution in [3.8, 4) is 11.1 Å². The fraction of sp³-hybridized carbons (Fsp3) is 0.333. The summed E-state index contributed by atoms with van der Waals surface area (Å²) in [7, 11) is 0. The van der Waals surface area contributed by atoms with E-state index < -0.39 is 12.1 Å². The summed E-state index contributed by atoms with van der Waals surface area (Å²) in [6.45, 7) is 3.20. The predicted molar refractivity (Wildman–Crippen MR) is 92.4 cm³/mol. The van der Waals surface area contributed by atoms with Crippen LogP contribution in [-0.4, -0.2) is 47.7 Å². The number of ether oxygens (including phenoxy) is 1. The number of carbonyl (C=O) groups excluding carboxylic acids is 1. The number of carboxylic acid groups (broad SMARTS) is 1. The molecule has 0 spiro atoms. The molecule has 5 nitrogen and oxygen atoms in total. The number of aliphatic carboxylic acids is 1. The van der Waals surface area contributed by atoms with Crippen molar-refractivity contribution in [1.82, 2.24) is 4.90 Å². The summed E-state index contributed by atoms with van der Waals surface area (Å²) in [4.78, 5) is 26.1. The molecule has 1 aromatic heterocycles. The second-order valence-corrected chi connectivity index (χ2v) is 6.79. The van der Waals surface area contributed by atoms with Gasteiger partial charge in [0.2, 0.25) is 0 Å². The van der Waals surface area contributed by atoms with Gasteiger partial charge in [-0.1, -0.05) is 29.8 Å². The highest BCUT2D eigenvalue weighted by Crippen LogP contribution is 2.30. The van der Waals surface area contributed by atoms with Gasteiger partial charge < -0.3 is 14.7 Å². The zero-order valence-corrected chi connectivity index (χ0v) is 14.2. The van der Waals surface area contributed by atoms with E-state index in [9.17, 15) is 9.59 Å². The summed E-state index contributed by atoms with van der Waals surface area (Å²) >= 11 is 1.42. The van der Waals surface area contributed by atoms with Gasteiger partial charge >= 0.3 is 5.97 Å². The molecule has 1 saturated heterocycles. The van der Waals surface area contributed by atoms with Crippen molar-refractivity contribution in [2.24, 2.45) is 0 Å². The second kappa shape index (κ2) is 7.15. The van der Waals surface area contributed by atoms with Crippen molar-refractivity contribution in [1.29, 1.82) is 0 Å². The number of nitrogens with zero attached hydrogens (tertiary/aromatic N) is 1. The van der Waals surface area contributed by atoms with Crippen LogP contribution in [0.3, 0.4) is 0 Å². The Morgan fingerprint density at radius 3 is 2.75 bits per heavy atom. The summed E-state index contributed by atoms with van der Waals surface area (Å²) in [5, 5.41) is 10.8. The number of rotatable bonds is 4. The van der Waals surface area contributed by atoms with Gasteiger partial charge in [0.1, 0.15) is 0 Å². The Hall–Kier alpha value is -2.18. The summed E-state index contributed by atoms with van der Waals surface area (Å²) in [5.74, 6) is -0.968. The van der Waals surface area contributed by atoms with E-state index in [1.807, 2.05) is 42.6 Å². The molecule has 1 atom stereocenters. The van der Waals surface area contributed by atoms with Crippen LogP contribution in [0.25, 0.3) is 11.1 Å². The molecule has 2 heterocycles. The van der Waals surface area contributed by atoms with E-state index in [4.69, 9.17) is 9.84 Å². The lowest BCUT2D eigenvalue weighted by atomic mass is 10.0. The zero-order chi connectivity index (χ0) is 17.1. The maximum atomic E-state index is 12.9. The molecule has 1 aromatic carbocycles. The van der Waals surface area contributed by atoms with Crippen molar-refractivity contribution >= 4 is 23.2 Å². The van der Waals surface area contributed by atoms with Crippen molar-refractivity contribution in [3.63, 3.8) is 0 Å². The summed E-state index contributed by atoms with van der Waals surface area (Å²) in [6, 6.07) is 10.0. The minimum Gasteiger partial charge on any atom is -0.481 e. The van der Waals surface area contributed by atoms with Crippen LogP contribution in [0.4, 0.5) is 0 Å². The average Bonchev–Trinajstić information content (AvgIpc) is 3.04. The highest BCUT2D eigenvalue weighted by molar-refractivity contribution is 7.12. The first-order valence-electron chi connectivity index (χ1n) is 7.82. The lowest BCUT2D eigenvalue weighted by Crippen LogP contribution is -2.46. The normalized spacial score (nSPS) is 17.7. The molecule has 0 saturated carbocycles. The predicted octanol–water partition coefficient (Wildman–Crippen LogP) is 3.04. The number of benzene rings is 1. The minimum atomic E-state index is -0.911. The summed E-state index contributed by atoms with van der Waals surface area (Å²) in [6.07, 6.45) is -0.526. The van der Waals surface area contributed by atoms with Crippen LogP contribution in [0, 0.1) is 6.92 Å². The van der Waals surface area contributed by atoms with Crippen LogP contribution >= 0.6 is 11.3 Å². The molecule has 2 aromatic rings. The number of carboxylic acids is 1. The van der Waals surface area contributed by atoms with E-state index in [-0.39, 0.29) is 12.3 Å². The molecule has 24 heavy (non-hydrogen) atoms. The van der Waals surface area contributed by atoms with Gasteiger partial charge in [0, 0.05) is 18.7 Å². The van der Waals surface area contributed by atoms with Gasteiger partial charge in [-0.15, -0.1) is 11.3 Å². The Morgan fingerprint density at radius 1 is 1.29 bits per heavy atom. The largest absolute Gasteiger partial charge is 0.481 e. The lowest BCUT2D eigenvalue weighted by molar-refractivity contribution is -0.141. The molecule has 1 amide bonds. The van der Waals surface area contributed by atoms with Gasteiger partial charge in [0.05, 0.1) is 24.0 Å². The minimum absolute atomic E-state index is 0.0562. The number of hydrogen-bond donors (Lipinski definition) is 1. The lowest BCUT2D eigenvalue weighted by Gasteiger charge is -2.32. The van der Waals surface area contributed by atoms with E-state index in [1.165, 1.54) is 16.9 Å². The fourth-order valence-corrected chi connectivity index (χ4v) is 3.68. The van der Waals surface area contributed by atoms with Gasteiger partial charge in [0.15, 0.2) is 0 Å². The highest BCUT2D eigenvalue weighted by Gasteiger charge is 2.28. The van der Waals surface area contributed by atoms with Crippen molar-refractivity contribution in [2.75, 3.05) is 19.7 Å². The average molecular weight is 345 g/mol. The molecule has 3 rings (SSSR count). The standard InChI is InChI=1S/C18H19NO4S/c1-12-2-4-13(5-3-12)15-6-9-24-17(15)18(22)19-7-8-23-14(11-19)10-16(20)21/h2-6,9,14H,7-8,10-11H2,1H3,(H,20,21)/t14-/m1/s1. The van der Waals surface area contributed by atoms with E-state index in [1.54, 1.807) is 4.90 Å². The van der Waals surface area contributed by atoms with Gasteiger partial charge in [-0.3, -0.25) is 9.59 Å². The quantitative estimate of drug-likeness (QED) is 0.925. The third-order valence-electron chi connectivity index (χ3n) is 4.05. The molecule has 126 valence electrons. The first kappa shape index (κ1) is 16.7. The van der Waals surface area contributed by atoms with Crippen LogP contribution < -0.4 is 0 Å². The Labute approximate surface area is 144 Å². The molecule has 1 N–H and O–H groups in total. The van der Waals surface area contributed by atoms with Crippen LogP contribution in [0.5, 0.6) is 0 Å². The molecule has 1 fully saturated rings. The van der Waals surface area contributed by atoms with Crippen LogP contribution in [0.15, 0.2) is 35.7 Å². The number of hydrogen-bond acceptors (Lipinski definition) is 4. The number of morpholine rings is 1. The van der Waals surface area contributed by atoms with Crippen molar-refractivity contribution < 1.29 is 19.4 Å². The first-order chi connectivity index (χ1) is 11.5. The van der Waals surface area contributed by atoms with Gasteiger partial charge in [-0.2, -0.15) is 0 Å². The van der Waals surface area contributed by atoms with E-state index >= 15 is 0 Å². The highest BCUT2D eigenvalue weighted by atomic mass is 32.1. The Bertz CT molecular complexity index is 738. The maximum absolute atomic E-state index is 12.9. The molecular weight excluding hydrogens is 326 g/mol. The summed E-state index contributed by atoms with van der Waals surface area (Å²) < 4.78 is 5.44. The van der Waals surface area contributed by atoms with E-state index in [0.29, 0.717) is 24.6 Å². The van der Waals surface area contributed by atoms with Crippen LogP contribution in [-0.2, 0) is 9.53 Å². The Kier molecular flexibility index (Phi) is 4.97. The Balaban J connectivity index is 1.79. The summed E-state index contributed by atoms with van der Waals surface area (Å²) in [5.41, 5.74) is 3.11. The zero-order valence-electron chi connectivity index (χ0n) is 13.4. The molecule has 0 aliphatic carbocycles. The van der Waals surface area contributed by atoms with Crippen LogP contribution in [0.1, 0.15) is 21.7 Å². The van der Waals surface area contributed by atoms with Gasteiger partial charge in [-0.05, 0) is 23.9 Å². The van der Waals surface area contributed by atoms with Crippen molar-refractivity contribution in [2.45, 2.75) is 19.4 Å². The fourth-order valence-electron chi connectivity index (χ4n) is 2.80. The molecule has 1 aliphatic rings. The number of amides is 1. The third kappa shape index (κ3) is 3.66.